The van der Waals surface area contributed by atoms with E-state index in [4.69, 9.17) is 0 Å². The molecule has 0 aliphatic heterocycles. The fourth-order valence-corrected chi connectivity index (χ4v) is 2.36. The van der Waals surface area contributed by atoms with Crippen LogP contribution in [-0.2, 0) is 6.54 Å². The van der Waals surface area contributed by atoms with E-state index in [1.54, 1.807) is 13.0 Å². The fourth-order valence-electron chi connectivity index (χ4n) is 2.03. The molecule has 1 aromatic heterocycles. The van der Waals surface area contributed by atoms with Crippen molar-refractivity contribution in [1.82, 2.24) is 9.55 Å². The summed E-state index contributed by atoms with van der Waals surface area (Å²) in [5, 5.41) is 0. The maximum Gasteiger partial charge on any atom is 0.268 e. The van der Waals surface area contributed by atoms with Crippen molar-refractivity contribution in [3.8, 4) is 0 Å². The van der Waals surface area contributed by atoms with Crippen LogP contribution in [0.1, 0.15) is 27.2 Å². The van der Waals surface area contributed by atoms with Gasteiger partial charge in [-0.15, -0.1) is 0 Å². The van der Waals surface area contributed by atoms with Crippen LogP contribution in [0.3, 0.4) is 0 Å². The maximum absolute atomic E-state index is 12.3. The maximum atomic E-state index is 12.3. The number of ketones is 1. The average Bonchev–Trinajstić information content (AvgIpc) is 2.39. The summed E-state index contributed by atoms with van der Waals surface area (Å²) in [5.74, 6) is -0.0952. The predicted octanol–water partition coefficient (Wildman–Crippen LogP) is 2.81. The minimum atomic E-state index is -0.240. The van der Waals surface area contributed by atoms with Crippen LogP contribution in [0, 0.1) is 20.8 Å². The van der Waals surface area contributed by atoms with Gasteiger partial charge in [-0.25, -0.2) is 4.98 Å². The molecule has 0 unspecified atom stereocenters. The summed E-state index contributed by atoms with van der Waals surface area (Å²) in [7, 11) is 0. The summed E-state index contributed by atoms with van der Waals surface area (Å²) >= 11 is 3.19. The van der Waals surface area contributed by atoms with Crippen molar-refractivity contribution in [2.24, 2.45) is 0 Å². The number of hydrogen-bond acceptors (Lipinski definition) is 3. The van der Waals surface area contributed by atoms with Crippen molar-refractivity contribution in [2.45, 2.75) is 27.3 Å². The van der Waals surface area contributed by atoms with E-state index in [1.807, 2.05) is 26.0 Å². The predicted molar refractivity (Wildman–Crippen MR) is 81.2 cm³/mol. The van der Waals surface area contributed by atoms with Crippen molar-refractivity contribution < 1.29 is 4.79 Å². The highest BCUT2D eigenvalue weighted by Crippen LogP contribution is 2.12. The zero-order valence-corrected chi connectivity index (χ0v) is 13.2. The van der Waals surface area contributed by atoms with Crippen LogP contribution in [0.15, 0.2) is 33.8 Å². The van der Waals surface area contributed by atoms with E-state index in [0.717, 1.165) is 11.1 Å². The summed E-state index contributed by atoms with van der Waals surface area (Å²) in [5.41, 5.74) is 3.04. The van der Waals surface area contributed by atoms with Crippen LogP contribution in [0.2, 0.25) is 0 Å². The van der Waals surface area contributed by atoms with Gasteiger partial charge in [-0.05, 0) is 42.3 Å². The first-order valence-corrected chi connectivity index (χ1v) is 7.01. The Labute approximate surface area is 125 Å². The second-order valence-electron chi connectivity index (χ2n) is 4.82. The first kappa shape index (κ1) is 14.7. The molecule has 0 fully saturated rings. The lowest BCUT2D eigenvalue weighted by atomic mass is 10.0. The normalized spacial score (nSPS) is 10.6. The van der Waals surface area contributed by atoms with E-state index in [-0.39, 0.29) is 17.9 Å². The van der Waals surface area contributed by atoms with Gasteiger partial charge < -0.3 is 0 Å². The number of hydrogen-bond donors (Lipinski definition) is 0. The summed E-state index contributed by atoms with van der Waals surface area (Å²) < 4.78 is 1.71. The third-order valence-electron chi connectivity index (χ3n) is 3.15. The van der Waals surface area contributed by atoms with Gasteiger partial charge in [0.2, 0.25) is 0 Å². The van der Waals surface area contributed by atoms with Crippen LogP contribution in [0.5, 0.6) is 0 Å². The molecule has 0 amide bonds. The second kappa shape index (κ2) is 5.71. The van der Waals surface area contributed by atoms with Crippen LogP contribution < -0.4 is 5.56 Å². The molecule has 104 valence electrons. The van der Waals surface area contributed by atoms with Crippen molar-refractivity contribution in [2.75, 3.05) is 0 Å². The highest BCUT2D eigenvalue weighted by molar-refractivity contribution is 9.10. The molecule has 1 heterocycles. The summed E-state index contributed by atoms with van der Waals surface area (Å²) in [6.45, 7) is 5.61. The van der Waals surface area contributed by atoms with Gasteiger partial charge in [0.05, 0.1) is 18.6 Å². The highest BCUT2D eigenvalue weighted by atomic mass is 79.9. The summed E-state index contributed by atoms with van der Waals surface area (Å²) in [6, 6.07) is 5.65. The van der Waals surface area contributed by atoms with E-state index in [1.165, 1.54) is 10.9 Å². The minimum Gasteiger partial charge on any atom is -0.292 e. The van der Waals surface area contributed by atoms with Crippen LogP contribution in [0.4, 0.5) is 0 Å². The third kappa shape index (κ3) is 2.88. The molecule has 5 heteroatoms. The van der Waals surface area contributed by atoms with Gasteiger partial charge in [-0.1, -0.05) is 23.8 Å². The quantitative estimate of drug-likeness (QED) is 0.811. The van der Waals surface area contributed by atoms with Crippen molar-refractivity contribution in [3.05, 3.63) is 61.7 Å². The second-order valence-corrected chi connectivity index (χ2v) is 5.61. The Morgan fingerprint density at radius 3 is 2.65 bits per heavy atom. The zero-order chi connectivity index (χ0) is 14.9. The highest BCUT2D eigenvalue weighted by Gasteiger charge is 2.12. The van der Waals surface area contributed by atoms with Crippen molar-refractivity contribution in [3.63, 3.8) is 0 Å². The zero-order valence-electron chi connectivity index (χ0n) is 11.6. The monoisotopic (exact) mass is 334 g/mol. The molecule has 0 saturated carbocycles. The molecule has 2 rings (SSSR count). The van der Waals surface area contributed by atoms with Gasteiger partial charge in [0.25, 0.3) is 5.56 Å². The first-order chi connectivity index (χ1) is 9.40. The number of carbonyl (C=O) groups is 1. The third-order valence-corrected chi connectivity index (χ3v) is 4.07. The number of benzene rings is 1. The number of nitrogens with zero attached hydrogens (tertiary/aromatic N) is 2. The molecule has 4 nitrogen and oxygen atoms in total. The lowest BCUT2D eigenvalue weighted by Gasteiger charge is -2.08. The first-order valence-electron chi connectivity index (χ1n) is 6.22. The molecule has 2 aromatic rings. The number of halogens is 1. The Morgan fingerprint density at radius 2 is 2.00 bits per heavy atom. The standard InChI is InChI=1S/C15H15BrN2O2/c1-9-4-5-12(10(2)6-9)13(19)7-18-8-17-11(3)14(16)15(18)20/h4-6,8H,7H2,1-3H3. The largest absolute Gasteiger partial charge is 0.292 e. The topological polar surface area (TPSA) is 52.0 Å². The van der Waals surface area contributed by atoms with Crippen LogP contribution in [-0.4, -0.2) is 15.3 Å². The van der Waals surface area contributed by atoms with Gasteiger partial charge in [-0.2, -0.15) is 0 Å². The lowest BCUT2D eigenvalue weighted by molar-refractivity contribution is 0.0969. The molecule has 0 bridgehead atoms. The number of aromatic nitrogens is 2. The lowest BCUT2D eigenvalue weighted by Crippen LogP contribution is -2.26. The van der Waals surface area contributed by atoms with Gasteiger partial charge in [0.15, 0.2) is 5.78 Å². The SMILES string of the molecule is Cc1ccc(C(=O)Cn2cnc(C)c(Br)c2=O)c(C)c1. The van der Waals surface area contributed by atoms with E-state index in [2.05, 4.69) is 20.9 Å². The fraction of sp³-hybridized carbons (Fsp3) is 0.267. The molecule has 0 aliphatic carbocycles. The molecule has 0 atom stereocenters. The van der Waals surface area contributed by atoms with Gasteiger partial charge in [-0.3, -0.25) is 14.2 Å². The van der Waals surface area contributed by atoms with Gasteiger partial charge >= 0.3 is 0 Å². The number of Topliss-reactive ketones (excluding diaryl/α,β-unsaturated/α-hetero) is 1. The van der Waals surface area contributed by atoms with E-state index in [9.17, 15) is 9.59 Å². The Bertz CT molecular complexity index is 735. The molecular weight excluding hydrogens is 320 g/mol. The molecule has 0 spiro atoms. The minimum absolute atomic E-state index is 0.00534. The smallest absolute Gasteiger partial charge is 0.268 e. The number of carbonyl (C=O) groups excluding carboxylic acids is 1. The molecule has 1 aromatic carbocycles. The van der Waals surface area contributed by atoms with Gasteiger partial charge in [0.1, 0.15) is 4.47 Å². The van der Waals surface area contributed by atoms with E-state index < -0.39 is 0 Å². The average molecular weight is 335 g/mol. The number of rotatable bonds is 3. The van der Waals surface area contributed by atoms with Gasteiger partial charge in [0, 0.05) is 5.56 Å². The number of aryl methyl sites for hydroxylation is 3. The van der Waals surface area contributed by atoms with Crippen LogP contribution >= 0.6 is 15.9 Å². The van der Waals surface area contributed by atoms with E-state index in [0.29, 0.717) is 15.7 Å². The van der Waals surface area contributed by atoms with Crippen molar-refractivity contribution >= 4 is 21.7 Å². The molecule has 0 aliphatic rings. The van der Waals surface area contributed by atoms with E-state index >= 15 is 0 Å². The molecular formula is C15H15BrN2O2. The molecule has 0 saturated heterocycles. The summed E-state index contributed by atoms with van der Waals surface area (Å²) in [6.07, 6.45) is 1.41. The summed E-state index contributed by atoms with van der Waals surface area (Å²) in [4.78, 5) is 28.4. The molecule has 20 heavy (non-hydrogen) atoms. The Kier molecular flexibility index (Phi) is 4.18. The Hall–Kier alpha value is -1.75. The Morgan fingerprint density at radius 1 is 1.30 bits per heavy atom. The van der Waals surface area contributed by atoms with Crippen LogP contribution in [0.25, 0.3) is 0 Å². The molecule has 0 N–H and O–H groups in total. The Balaban J connectivity index is 2.33. The molecule has 0 radical (unpaired) electrons. The van der Waals surface area contributed by atoms with Crippen molar-refractivity contribution in [1.29, 1.82) is 0 Å².